The summed E-state index contributed by atoms with van der Waals surface area (Å²) in [5.41, 5.74) is 10.1. The molecule has 3 heteroatoms. The fraction of sp³-hybridized carbons (Fsp3) is 0.294. The number of nitrogens with two attached hydrogens (primary N) is 1. The number of para-hydroxylation sites is 1. The normalized spacial score (nSPS) is 19.1. The zero-order chi connectivity index (χ0) is 14.1. The third kappa shape index (κ3) is 2.56. The summed E-state index contributed by atoms with van der Waals surface area (Å²) in [5.74, 6) is 1.85. The quantitative estimate of drug-likeness (QED) is 0.910. The molecule has 2 aromatic rings. The number of rotatable bonds is 2. The molecule has 0 aliphatic carbocycles. The summed E-state index contributed by atoms with van der Waals surface area (Å²) in [4.78, 5) is 1.20. The molecular formula is C17H19NOS. The summed E-state index contributed by atoms with van der Waals surface area (Å²) in [6.45, 7) is 4.24. The number of hydrogen-bond donors (Lipinski definition) is 1. The second-order valence-corrected chi connectivity index (χ2v) is 6.35. The van der Waals surface area contributed by atoms with Gasteiger partial charge in [-0.3, -0.25) is 0 Å². The predicted molar refractivity (Wildman–Crippen MR) is 84.4 cm³/mol. The Morgan fingerprint density at radius 3 is 2.75 bits per heavy atom. The minimum Gasteiger partial charge on any atom is -0.486 e. The number of thioether (sulfide) groups is 1. The maximum atomic E-state index is 6.41. The second kappa shape index (κ2) is 5.51. The first kappa shape index (κ1) is 13.5. The van der Waals surface area contributed by atoms with Crippen LogP contribution in [0.2, 0.25) is 0 Å². The van der Waals surface area contributed by atoms with Gasteiger partial charge in [0.05, 0.1) is 6.04 Å². The van der Waals surface area contributed by atoms with E-state index in [0.29, 0.717) is 0 Å². The Labute approximate surface area is 124 Å². The Morgan fingerprint density at radius 2 is 1.95 bits per heavy atom. The molecule has 2 nitrogen and oxygen atoms in total. The van der Waals surface area contributed by atoms with Gasteiger partial charge in [-0.1, -0.05) is 30.3 Å². The van der Waals surface area contributed by atoms with Crippen LogP contribution in [-0.2, 0) is 0 Å². The molecule has 2 atom stereocenters. The minimum atomic E-state index is -0.0878. The molecule has 0 bridgehead atoms. The Hall–Kier alpha value is -1.45. The van der Waals surface area contributed by atoms with E-state index in [1.54, 1.807) is 0 Å². The summed E-state index contributed by atoms with van der Waals surface area (Å²) >= 11 is 1.82. The Morgan fingerprint density at radius 1 is 1.15 bits per heavy atom. The lowest BCUT2D eigenvalue weighted by Gasteiger charge is -2.30. The number of fused-ring (bicyclic) bond motifs is 1. The molecule has 0 saturated heterocycles. The van der Waals surface area contributed by atoms with E-state index in [9.17, 15) is 0 Å². The molecule has 0 aromatic heterocycles. The van der Waals surface area contributed by atoms with Gasteiger partial charge in [0.2, 0.25) is 0 Å². The molecule has 20 heavy (non-hydrogen) atoms. The molecule has 104 valence electrons. The van der Waals surface area contributed by atoms with Crippen molar-refractivity contribution in [1.82, 2.24) is 0 Å². The van der Waals surface area contributed by atoms with Crippen molar-refractivity contribution < 1.29 is 4.74 Å². The third-order valence-corrected chi connectivity index (χ3v) is 4.99. The van der Waals surface area contributed by atoms with Crippen molar-refractivity contribution in [2.45, 2.75) is 30.9 Å². The molecule has 0 spiro atoms. The van der Waals surface area contributed by atoms with Crippen molar-refractivity contribution in [2.75, 3.05) is 5.75 Å². The van der Waals surface area contributed by atoms with Crippen LogP contribution in [0.5, 0.6) is 5.75 Å². The van der Waals surface area contributed by atoms with Crippen LogP contribution in [0.3, 0.4) is 0 Å². The molecular weight excluding hydrogens is 266 g/mol. The Balaban J connectivity index is 1.82. The highest BCUT2D eigenvalue weighted by atomic mass is 32.2. The van der Waals surface area contributed by atoms with E-state index in [4.69, 9.17) is 10.5 Å². The van der Waals surface area contributed by atoms with Crippen LogP contribution >= 0.6 is 11.8 Å². The molecule has 0 saturated carbocycles. The second-order valence-electron chi connectivity index (χ2n) is 5.28. The summed E-state index contributed by atoms with van der Waals surface area (Å²) in [7, 11) is 0. The first-order valence-corrected chi connectivity index (χ1v) is 7.85. The molecule has 0 fully saturated rings. The van der Waals surface area contributed by atoms with Gasteiger partial charge in [-0.25, -0.2) is 0 Å². The van der Waals surface area contributed by atoms with Crippen LogP contribution in [-0.4, -0.2) is 11.9 Å². The molecule has 3 rings (SSSR count). The fourth-order valence-electron chi connectivity index (χ4n) is 2.40. The van der Waals surface area contributed by atoms with Gasteiger partial charge in [0.1, 0.15) is 11.9 Å². The molecule has 2 N–H and O–H groups in total. The van der Waals surface area contributed by atoms with Crippen molar-refractivity contribution in [3.05, 3.63) is 59.2 Å². The van der Waals surface area contributed by atoms with Crippen molar-refractivity contribution in [1.29, 1.82) is 0 Å². The molecule has 1 heterocycles. The van der Waals surface area contributed by atoms with Gasteiger partial charge in [-0.15, -0.1) is 11.8 Å². The van der Waals surface area contributed by atoms with E-state index < -0.39 is 0 Å². The van der Waals surface area contributed by atoms with Gasteiger partial charge >= 0.3 is 0 Å². The smallest absolute Gasteiger partial charge is 0.133 e. The molecule has 1 aliphatic heterocycles. The zero-order valence-electron chi connectivity index (χ0n) is 11.8. The Bertz CT molecular complexity index is 626. The number of aryl methyl sites for hydroxylation is 2. The predicted octanol–water partition coefficient (Wildman–Crippen LogP) is 3.86. The third-order valence-electron chi connectivity index (χ3n) is 3.85. The van der Waals surface area contributed by atoms with E-state index in [2.05, 4.69) is 38.1 Å². The first-order valence-electron chi connectivity index (χ1n) is 6.86. The van der Waals surface area contributed by atoms with Crippen LogP contribution in [0, 0.1) is 13.8 Å². The highest BCUT2D eigenvalue weighted by Gasteiger charge is 2.26. The maximum absolute atomic E-state index is 6.41. The molecule has 0 radical (unpaired) electrons. The van der Waals surface area contributed by atoms with Crippen LogP contribution < -0.4 is 10.5 Å². The van der Waals surface area contributed by atoms with E-state index in [0.717, 1.165) is 17.1 Å². The standard InChI is InChI=1S/C17H19NOS/c1-11-7-8-13(9-12(11)2)17(18)15-10-20-16-6-4-3-5-14(16)19-15/h3-9,15,17H,10,18H2,1-2H3. The van der Waals surface area contributed by atoms with Gasteiger partial charge in [-0.2, -0.15) is 0 Å². The van der Waals surface area contributed by atoms with Crippen LogP contribution in [0.1, 0.15) is 22.7 Å². The Kier molecular flexibility index (Phi) is 3.72. The van der Waals surface area contributed by atoms with Gasteiger partial charge < -0.3 is 10.5 Å². The molecule has 1 aliphatic rings. The van der Waals surface area contributed by atoms with Crippen molar-refractivity contribution in [3.63, 3.8) is 0 Å². The highest BCUT2D eigenvalue weighted by Crippen LogP contribution is 2.37. The van der Waals surface area contributed by atoms with Gasteiger partial charge in [0.15, 0.2) is 0 Å². The van der Waals surface area contributed by atoms with Crippen molar-refractivity contribution in [3.8, 4) is 5.75 Å². The molecule has 2 unspecified atom stereocenters. The van der Waals surface area contributed by atoms with Crippen LogP contribution in [0.25, 0.3) is 0 Å². The lowest BCUT2D eigenvalue weighted by atomic mass is 9.98. The van der Waals surface area contributed by atoms with Gasteiger partial charge in [0, 0.05) is 10.6 Å². The summed E-state index contributed by atoms with van der Waals surface area (Å²) in [6.07, 6.45) is 0.0250. The van der Waals surface area contributed by atoms with Gasteiger partial charge in [0.25, 0.3) is 0 Å². The van der Waals surface area contributed by atoms with Crippen LogP contribution in [0.4, 0.5) is 0 Å². The first-order chi connectivity index (χ1) is 9.65. The largest absolute Gasteiger partial charge is 0.486 e. The summed E-state index contributed by atoms with van der Waals surface area (Å²) < 4.78 is 6.07. The van der Waals surface area contributed by atoms with Crippen LogP contribution in [0.15, 0.2) is 47.4 Å². The highest BCUT2D eigenvalue weighted by molar-refractivity contribution is 7.99. The van der Waals surface area contributed by atoms with E-state index in [1.165, 1.54) is 16.0 Å². The minimum absolute atomic E-state index is 0.0250. The lowest BCUT2D eigenvalue weighted by molar-refractivity contribution is 0.185. The fourth-order valence-corrected chi connectivity index (χ4v) is 3.45. The van der Waals surface area contributed by atoms with Crippen molar-refractivity contribution >= 4 is 11.8 Å². The average molecular weight is 285 g/mol. The number of hydrogen-bond acceptors (Lipinski definition) is 3. The SMILES string of the molecule is Cc1ccc(C(N)C2CSc3ccccc3O2)cc1C. The monoisotopic (exact) mass is 285 g/mol. The van der Waals surface area contributed by atoms with E-state index >= 15 is 0 Å². The zero-order valence-corrected chi connectivity index (χ0v) is 12.6. The number of benzene rings is 2. The molecule has 0 amide bonds. The lowest BCUT2D eigenvalue weighted by Crippen LogP contribution is -2.35. The van der Waals surface area contributed by atoms with Gasteiger partial charge in [-0.05, 0) is 42.7 Å². The van der Waals surface area contributed by atoms with E-state index in [-0.39, 0.29) is 12.1 Å². The van der Waals surface area contributed by atoms with E-state index in [1.807, 2.05) is 30.0 Å². The summed E-state index contributed by atoms with van der Waals surface area (Å²) in [6, 6.07) is 14.5. The van der Waals surface area contributed by atoms with Crippen molar-refractivity contribution in [2.24, 2.45) is 5.73 Å². The topological polar surface area (TPSA) is 35.2 Å². The number of ether oxygens (including phenoxy) is 1. The molecule has 2 aromatic carbocycles. The maximum Gasteiger partial charge on any atom is 0.133 e. The summed E-state index contributed by atoms with van der Waals surface area (Å²) in [5, 5.41) is 0. The average Bonchev–Trinajstić information content (AvgIpc) is 2.49.